The molecule has 2 N–H and O–H groups in total. The monoisotopic (exact) mass is 329 g/mol. The van der Waals surface area contributed by atoms with E-state index in [-0.39, 0.29) is 17.4 Å². The lowest BCUT2D eigenvalue weighted by Crippen LogP contribution is -2.11. The Morgan fingerprint density at radius 2 is 1.78 bits per heavy atom. The molecule has 1 heterocycles. The molecule has 0 aliphatic heterocycles. The van der Waals surface area contributed by atoms with Gasteiger partial charge in [0.2, 0.25) is 5.88 Å². The minimum Gasteiger partial charge on any atom is -0.417 e. The van der Waals surface area contributed by atoms with Gasteiger partial charge in [-0.1, -0.05) is 0 Å². The lowest BCUT2D eigenvalue weighted by atomic mass is 10.2. The molecule has 4 nitrogen and oxygen atoms in total. The molecule has 124 valence electrons. The van der Waals surface area contributed by atoms with Crippen molar-refractivity contribution in [3.63, 3.8) is 0 Å². The third-order valence-electron chi connectivity index (χ3n) is 2.74. The normalized spacial score (nSPS) is 11.0. The van der Waals surface area contributed by atoms with Gasteiger partial charge in [-0.2, -0.15) is 8.78 Å². The molecule has 0 unspecified atom stereocenters. The van der Waals surface area contributed by atoms with Gasteiger partial charge in [-0.05, 0) is 32.0 Å². The highest BCUT2D eigenvalue weighted by Gasteiger charge is 2.12. The zero-order valence-electron chi connectivity index (χ0n) is 12.4. The molecule has 0 saturated heterocycles. The number of halogens is 4. The highest BCUT2D eigenvalue weighted by atomic mass is 19.3. The first-order valence-electron chi connectivity index (χ1n) is 6.78. The SMILES string of the molecule is CC(C)Nc1ccc(F)cc1Nc1cc(OC(F)F)ncc1F. The molecule has 1 aromatic heterocycles. The van der Waals surface area contributed by atoms with E-state index < -0.39 is 24.1 Å². The second-order valence-electron chi connectivity index (χ2n) is 4.99. The number of pyridine rings is 1. The first-order chi connectivity index (χ1) is 10.8. The average molecular weight is 329 g/mol. The van der Waals surface area contributed by atoms with E-state index in [0.29, 0.717) is 5.69 Å². The summed E-state index contributed by atoms with van der Waals surface area (Å²) in [6.45, 7) is 0.692. The fourth-order valence-electron chi connectivity index (χ4n) is 1.87. The second kappa shape index (κ2) is 7.17. The van der Waals surface area contributed by atoms with Crippen LogP contribution in [0.1, 0.15) is 13.8 Å². The van der Waals surface area contributed by atoms with Crippen LogP contribution in [0.2, 0.25) is 0 Å². The van der Waals surface area contributed by atoms with Crippen molar-refractivity contribution in [1.29, 1.82) is 0 Å². The van der Waals surface area contributed by atoms with E-state index in [1.807, 2.05) is 13.8 Å². The Hall–Kier alpha value is -2.51. The Labute approximate surface area is 130 Å². The summed E-state index contributed by atoms with van der Waals surface area (Å²) in [7, 11) is 0. The minimum absolute atomic E-state index is 0.0565. The summed E-state index contributed by atoms with van der Waals surface area (Å²) < 4.78 is 55.8. The van der Waals surface area contributed by atoms with E-state index in [0.717, 1.165) is 18.3 Å². The Morgan fingerprint density at radius 1 is 1.04 bits per heavy atom. The van der Waals surface area contributed by atoms with Gasteiger partial charge >= 0.3 is 6.61 Å². The van der Waals surface area contributed by atoms with Crippen LogP contribution in [-0.4, -0.2) is 17.6 Å². The van der Waals surface area contributed by atoms with Gasteiger partial charge in [0.15, 0.2) is 5.82 Å². The van der Waals surface area contributed by atoms with Crippen LogP contribution in [0, 0.1) is 11.6 Å². The molecule has 0 amide bonds. The molecule has 2 aromatic rings. The zero-order valence-corrected chi connectivity index (χ0v) is 12.4. The van der Waals surface area contributed by atoms with Gasteiger partial charge in [-0.25, -0.2) is 13.8 Å². The van der Waals surface area contributed by atoms with Crippen molar-refractivity contribution in [3.8, 4) is 5.88 Å². The predicted molar refractivity (Wildman–Crippen MR) is 79.3 cm³/mol. The van der Waals surface area contributed by atoms with Gasteiger partial charge in [0, 0.05) is 12.1 Å². The molecule has 2 rings (SSSR count). The quantitative estimate of drug-likeness (QED) is 0.765. The van der Waals surface area contributed by atoms with Gasteiger partial charge < -0.3 is 15.4 Å². The molecule has 0 aliphatic carbocycles. The summed E-state index contributed by atoms with van der Waals surface area (Å²) >= 11 is 0. The van der Waals surface area contributed by atoms with E-state index in [1.54, 1.807) is 0 Å². The number of alkyl halides is 2. The van der Waals surface area contributed by atoms with Crippen molar-refractivity contribution in [2.24, 2.45) is 0 Å². The van der Waals surface area contributed by atoms with Crippen LogP contribution in [0.5, 0.6) is 5.88 Å². The summed E-state index contributed by atoms with van der Waals surface area (Å²) in [6.07, 6.45) is 0.745. The van der Waals surface area contributed by atoms with Crippen molar-refractivity contribution >= 4 is 17.1 Å². The van der Waals surface area contributed by atoms with Crippen LogP contribution in [0.25, 0.3) is 0 Å². The lowest BCUT2D eigenvalue weighted by molar-refractivity contribution is -0.0528. The fraction of sp³-hybridized carbons (Fsp3) is 0.267. The lowest BCUT2D eigenvalue weighted by Gasteiger charge is -2.17. The standard InChI is InChI=1S/C15H15F4N3O/c1-8(2)21-11-4-3-9(16)5-13(11)22-12-6-14(23-15(18)19)20-7-10(12)17/h3-8,15,21H,1-2H3,(H,20,22). The van der Waals surface area contributed by atoms with Gasteiger partial charge in [0.25, 0.3) is 0 Å². The zero-order chi connectivity index (χ0) is 17.0. The number of hydrogen-bond donors (Lipinski definition) is 2. The Morgan fingerprint density at radius 3 is 2.43 bits per heavy atom. The molecule has 0 saturated carbocycles. The number of benzene rings is 1. The smallest absolute Gasteiger partial charge is 0.388 e. The topological polar surface area (TPSA) is 46.2 Å². The number of nitrogens with zero attached hydrogens (tertiary/aromatic N) is 1. The van der Waals surface area contributed by atoms with E-state index in [1.165, 1.54) is 12.1 Å². The van der Waals surface area contributed by atoms with Gasteiger partial charge in [0.1, 0.15) is 5.82 Å². The molecular formula is C15H15F4N3O. The average Bonchev–Trinajstić information content (AvgIpc) is 2.44. The first-order valence-corrected chi connectivity index (χ1v) is 6.78. The molecule has 0 fully saturated rings. The molecular weight excluding hydrogens is 314 g/mol. The summed E-state index contributed by atoms with van der Waals surface area (Å²) in [6, 6.07) is 4.95. The summed E-state index contributed by atoms with van der Waals surface area (Å²) in [5.41, 5.74) is 0.633. The summed E-state index contributed by atoms with van der Waals surface area (Å²) in [4.78, 5) is 3.40. The van der Waals surface area contributed by atoms with Crippen LogP contribution in [-0.2, 0) is 0 Å². The maximum absolute atomic E-state index is 13.8. The second-order valence-corrected chi connectivity index (χ2v) is 4.99. The molecule has 8 heteroatoms. The Balaban J connectivity index is 2.32. The summed E-state index contributed by atoms with van der Waals surface area (Å²) in [5.74, 6) is -1.76. The van der Waals surface area contributed by atoms with Gasteiger partial charge in [-0.3, -0.25) is 0 Å². The van der Waals surface area contributed by atoms with Crippen LogP contribution in [0.4, 0.5) is 34.6 Å². The van der Waals surface area contributed by atoms with Crippen molar-refractivity contribution in [3.05, 3.63) is 42.1 Å². The van der Waals surface area contributed by atoms with E-state index in [4.69, 9.17) is 0 Å². The van der Waals surface area contributed by atoms with Crippen LogP contribution >= 0.6 is 0 Å². The minimum atomic E-state index is -3.08. The highest BCUT2D eigenvalue weighted by molar-refractivity contribution is 5.75. The number of rotatable bonds is 6. The van der Waals surface area contributed by atoms with Crippen molar-refractivity contribution < 1.29 is 22.3 Å². The fourth-order valence-corrected chi connectivity index (χ4v) is 1.87. The van der Waals surface area contributed by atoms with E-state index in [2.05, 4.69) is 20.4 Å². The largest absolute Gasteiger partial charge is 0.417 e. The third-order valence-corrected chi connectivity index (χ3v) is 2.74. The Kier molecular flexibility index (Phi) is 5.25. The predicted octanol–water partition coefficient (Wildman–Crippen LogP) is 4.53. The molecule has 0 spiro atoms. The number of ether oxygens (including phenoxy) is 1. The Bertz CT molecular complexity index is 680. The van der Waals surface area contributed by atoms with Crippen molar-refractivity contribution in [2.75, 3.05) is 10.6 Å². The van der Waals surface area contributed by atoms with Crippen LogP contribution in [0.15, 0.2) is 30.5 Å². The number of nitrogens with one attached hydrogen (secondary N) is 2. The van der Waals surface area contributed by atoms with E-state index in [9.17, 15) is 17.6 Å². The van der Waals surface area contributed by atoms with E-state index >= 15 is 0 Å². The van der Waals surface area contributed by atoms with Crippen LogP contribution < -0.4 is 15.4 Å². The third kappa shape index (κ3) is 4.73. The molecule has 0 radical (unpaired) electrons. The first kappa shape index (κ1) is 16.9. The van der Waals surface area contributed by atoms with Crippen molar-refractivity contribution in [1.82, 2.24) is 4.98 Å². The molecule has 0 atom stereocenters. The maximum Gasteiger partial charge on any atom is 0.388 e. The van der Waals surface area contributed by atoms with Crippen LogP contribution in [0.3, 0.4) is 0 Å². The van der Waals surface area contributed by atoms with Gasteiger partial charge in [0.05, 0.1) is 23.3 Å². The van der Waals surface area contributed by atoms with Crippen molar-refractivity contribution in [2.45, 2.75) is 26.5 Å². The maximum atomic E-state index is 13.8. The molecule has 0 bridgehead atoms. The molecule has 1 aromatic carbocycles. The highest BCUT2D eigenvalue weighted by Crippen LogP contribution is 2.29. The molecule has 23 heavy (non-hydrogen) atoms. The summed E-state index contributed by atoms with van der Waals surface area (Å²) in [5, 5.41) is 5.73. The number of anilines is 3. The number of aromatic nitrogens is 1. The molecule has 0 aliphatic rings. The van der Waals surface area contributed by atoms with Gasteiger partial charge in [-0.15, -0.1) is 0 Å². The number of hydrogen-bond acceptors (Lipinski definition) is 4.